The predicted octanol–water partition coefficient (Wildman–Crippen LogP) is 1.31. The van der Waals surface area contributed by atoms with Crippen LogP contribution >= 0.6 is 0 Å². The molecule has 0 amide bonds. The predicted molar refractivity (Wildman–Crippen MR) is 60.1 cm³/mol. The molecule has 4 heteroatoms. The Hall–Kier alpha value is -1.55. The van der Waals surface area contributed by atoms with E-state index in [2.05, 4.69) is 5.10 Å². The summed E-state index contributed by atoms with van der Waals surface area (Å²) in [5, 5.41) is 5.59. The lowest BCUT2D eigenvalue weighted by atomic mass is 10.2. The van der Waals surface area contributed by atoms with Crippen LogP contribution in [0.5, 0.6) is 5.75 Å². The summed E-state index contributed by atoms with van der Waals surface area (Å²) in [6, 6.07) is 5.97. The topological polar surface area (TPSA) is 53.1 Å². The molecule has 1 aromatic carbocycles. The molecule has 2 N–H and O–H groups in total. The highest BCUT2D eigenvalue weighted by Crippen LogP contribution is 2.23. The zero-order valence-electron chi connectivity index (χ0n) is 9.03. The first kappa shape index (κ1) is 9.98. The summed E-state index contributed by atoms with van der Waals surface area (Å²) >= 11 is 0. The Balaban J connectivity index is 2.60. The van der Waals surface area contributed by atoms with Gasteiger partial charge in [-0.25, -0.2) is 0 Å². The van der Waals surface area contributed by atoms with Crippen molar-refractivity contribution < 1.29 is 4.74 Å². The van der Waals surface area contributed by atoms with Crippen LogP contribution in [0.3, 0.4) is 0 Å². The smallest absolute Gasteiger partial charge is 0.121 e. The van der Waals surface area contributed by atoms with Crippen LogP contribution < -0.4 is 10.5 Å². The molecule has 0 saturated carbocycles. The first-order valence-electron chi connectivity index (χ1n) is 4.97. The molecule has 80 valence electrons. The maximum absolute atomic E-state index is 5.54. The molecule has 2 rings (SSSR count). The lowest BCUT2D eigenvalue weighted by Crippen LogP contribution is -2.10. The fourth-order valence-corrected chi connectivity index (χ4v) is 1.74. The minimum atomic E-state index is 0.591. The van der Waals surface area contributed by atoms with E-state index >= 15 is 0 Å². The van der Waals surface area contributed by atoms with E-state index < -0.39 is 0 Å². The molecule has 0 atom stereocenters. The number of aryl methyl sites for hydroxylation is 1. The lowest BCUT2D eigenvalue weighted by molar-refractivity contribution is 0.415. The van der Waals surface area contributed by atoms with Gasteiger partial charge in [-0.2, -0.15) is 5.10 Å². The fourth-order valence-electron chi connectivity index (χ4n) is 1.74. The van der Waals surface area contributed by atoms with Gasteiger partial charge in [-0.3, -0.25) is 4.68 Å². The number of nitrogens with two attached hydrogens (primary N) is 1. The number of aromatic nitrogens is 2. The molecule has 0 spiro atoms. The Bertz CT molecular complexity index is 476. The second-order valence-electron chi connectivity index (χ2n) is 3.48. The molecule has 2 aromatic rings. The van der Waals surface area contributed by atoms with Crippen molar-refractivity contribution in [2.45, 2.75) is 13.5 Å². The summed E-state index contributed by atoms with van der Waals surface area (Å²) < 4.78 is 7.12. The number of nitrogens with zero attached hydrogens (tertiary/aromatic N) is 2. The van der Waals surface area contributed by atoms with Gasteiger partial charge in [0.25, 0.3) is 0 Å². The van der Waals surface area contributed by atoms with Gasteiger partial charge in [-0.05, 0) is 19.1 Å². The largest absolute Gasteiger partial charge is 0.497 e. The highest BCUT2D eigenvalue weighted by Gasteiger charge is 2.07. The van der Waals surface area contributed by atoms with E-state index in [9.17, 15) is 0 Å². The third kappa shape index (κ3) is 1.68. The van der Waals surface area contributed by atoms with Crippen molar-refractivity contribution in [1.29, 1.82) is 0 Å². The first-order valence-corrected chi connectivity index (χ1v) is 4.97. The van der Waals surface area contributed by atoms with Crippen LogP contribution in [0.2, 0.25) is 0 Å². The Morgan fingerprint density at radius 1 is 1.47 bits per heavy atom. The van der Waals surface area contributed by atoms with E-state index in [1.54, 1.807) is 7.11 Å². The number of hydrogen-bond donors (Lipinski definition) is 1. The summed E-state index contributed by atoms with van der Waals surface area (Å²) in [7, 11) is 1.66. The van der Waals surface area contributed by atoms with Crippen molar-refractivity contribution >= 4 is 10.9 Å². The molecule has 0 radical (unpaired) electrons. The van der Waals surface area contributed by atoms with E-state index in [1.807, 2.05) is 29.8 Å². The second kappa shape index (κ2) is 3.90. The summed E-state index contributed by atoms with van der Waals surface area (Å²) in [6.07, 6.45) is 0. The monoisotopic (exact) mass is 205 g/mol. The molecule has 0 saturated heterocycles. The Kier molecular flexibility index (Phi) is 2.60. The first-order chi connectivity index (χ1) is 7.26. The average molecular weight is 205 g/mol. The number of rotatable bonds is 3. The molecule has 4 nitrogen and oxygen atoms in total. The molecular weight excluding hydrogens is 190 g/mol. The summed E-state index contributed by atoms with van der Waals surface area (Å²) in [6.45, 7) is 3.33. The van der Waals surface area contributed by atoms with E-state index in [0.29, 0.717) is 6.54 Å². The average Bonchev–Trinajstić information content (AvgIpc) is 2.56. The third-order valence-electron chi connectivity index (χ3n) is 2.48. The maximum Gasteiger partial charge on any atom is 0.121 e. The van der Waals surface area contributed by atoms with Gasteiger partial charge in [0.15, 0.2) is 0 Å². The number of methoxy groups -OCH3 is 1. The van der Waals surface area contributed by atoms with Gasteiger partial charge in [-0.15, -0.1) is 0 Å². The molecule has 0 fully saturated rings. The van der Waals surface area contributed by atoms with E-state index in [1.165, 1.54) is 0 Å². The minimum absolute atomic E-state index is 0.591. The van der Waals surface area contributed by atoms with Gasteiger partial charge in [-0.1, -0.05) is 0 Å². The SMILES string of the molecule is COc1ccc2c(C)nn(CCN)c2c1. The van der Waals surface area contributed by atoms with E-state index in [0.717, 1.165) is 28.9 Å². The lowest BCUT2D eigenvalue weighted by Gasteiger charge is -2.02. The van der Waals surface area contributed by atoms with E-state index in [-0.39, 0.29) is 0 Å². The Labute approximate surface area is 88.6 Å². The molecule has 0 unspecified atom stereocenters. The molecule has 0 bridgehead atoms. The zero-order valence-corrected chi connectivity index (χ0v) is 9.03. The number of ether oxygens (including phenoxy) is 1. The van der Waals surface area contributed by atoms with Gasteiger partial charge >= 0.3 is 0 Å². The van der Waals surface area contributed by atoms with Crippen molar-refractivity contribution in [2.24, 2.45) is 5.73 Å². The number of benzene rings is 1. The van der Waals surface area contributed by atoms with Crippen molar-refractivity contribution in [3.05, 3.63) is 23.9 Å². The molecule has 1 aromatic heterocycles. The molecule has 1 heterocycles. The van der Waals surface area contributed by atoms with Crippen LogP contribution in [-0.2, 0) is 6.54 Å². The second-order valence-corrected chi connectivity index (χ2v) is 3.48. The van der Waals surface area contributed by atoms with Crippen LogP contribution in [0.4, 0.5) is 0 Å². The van der Waals surface area contributed by atoms with Crippen molar-refractivity contribution in [1.82, 2.24) is 9.78 Å². The molecule has 0 aliphatic rings. The van der Waals surface area contributed by atoms with Crippen LogP contribution in [0, 0.1) is 6.92 Å². The van der Waals surface area contributed by atoms with Crippen LogP contribution in [0.1, 0.15) is 5.69 Å². The van der Waals surface area contributed by atoms with Crippen LogP contribution in [0.15, 0.2) is 18.2 Å². The van der Waals surface area contributed by atoms with Crippen LogP contribution in [0.25, 0.3) is 10.9 Å². The van der Waals surface area contributed by atoms with Gasteiger partial charge in [0.1, 0.15) is 5.75 Å². The molecule has 0 aliphatic carbocycles. The molecule has 0 aliphatic heterocycles. The van der Waals surface area contributed by atoms with Gasteiger partial charge in [0.2, 0.25) is 0 Å². The van der Waals surface area contributed by atoms with Crippen molar-refractivity contribution in [3.63, 3.8) is 0 Å². The van der Waals surface area contributed by atoms with Gasteiger partial charge in [0, 0.05) is 18.0 Å². The highest BCUT2D eigenvalue weighted by atomic mass is 16.5. The summed E-state index contributed by atoms with van der Waals surface area (Å²) in [4.78, 5) is 0. The number of fused-ring (bicyclic) bond motifs is 1. The van der Waals surface area contributed by atoms with Gasteiger partial charge < -0.3 is 10.5 Å². The minimum Gasteiger partial charge on any atom is -0.497 e. The number of hydrogen-bond acceptors (Lipinski definition) is 3. The standard InChI is InChI=1S/C11H15N3O/c1-8-10-4-3-9(15-2)7-11(10)14(13-8)6-5-12/h3-4,7H,5-6,12H2,1-2H3. The molecule has 15 heavy (non-hydrogen) atoms. The Morgan fingerprint density at radius 3 is 2.93 bits per heavy atom. The fraction of sp³-hybridized carbons (Fsp3) is 0.364. The maximum atomic E-state index is 5.54. The quantitative estimate of drug-likeness (QED) is 0.822. The normalized spacial score (nSPS) is 10.9. The Morgan fingerprint density at radius 2 is 2.27 bits per heavy atom. The van der Waals surface area contributed by atoms with Crippen molar-refractivity contribution in [2.75, 3.05) is 13.7 Å². The highest BCUT2D eigenvalue weighted by molar-refractivity contribution is 5.83. The van der Waals surface area contributed by atoms with Gasteiger partial charge in [0.05, 0.1) is 24.9 Å². The van der Waals surface area contributed by atoms with E-state index in [4.69, 9.17) is 10.5 Å². The summed E-state index contributed by atoms with van der Waals surface area (Å²) in [5.74, 6) is 0.848. The molecular formula is C11H15N3O. The third-order valence-corrected chi connectivity index (χ3v) is 2.48. The van der Waals surface area contributed by atoms with Crippen LogP contribution in [-0.4, -0.2) is 23.4 Å². The zero-order chi connectivity index (χ0) is 10.8. The summed E-state index contributed by atoms with van der Waals surface area (Å²) in [5.41, 5.74) is 7.65. The van der Waals surface area contributed by atoms with Crippen molar-refractivity contribution in [3.8, 4) is 5.75 Å².